The van der Waals surface area contributed by atoms with E-state index in [1.165, 1.54) is 4.90 Å². The van der Waals surface area contributed by atoms with Crippen LogP contribution in [-0.4, -0.2) is 73.9 Å². The van der Waals surface area contributed by atoms with E-state index in [4.69, 9.17) is 4.74 Å². The molecule has 1 saturated heterocycles. The fourth-order valence-electron chi connectivity index (χ4n) is 3.18. The lowest BCUT2D eigenvalue weighted by molar-refractivity contribution is -0.189. The number of carbonyl (C=O) groups is 1. The van der Waals surface area contributed by atoms with Crippen molar-refractivity contribution in [2.45, 2.75) is 30.3 Å². The number of halogens is 6. The lowest BCUT2D eigenvalue weighted by atomic mass is 10.1. The zero-order valence-corrected chi connectivity index (χ0v) is 19.2. The zero-order valence-electron chi connectivity index (χ0n) is 18.4. The van der Waals surface area contributed by atoms with Gasteiger partial charge in [0.2, 0.25) is 5.95 Å². The summed E-state index contributed by atoms with van der Waals surface area (Å²) in [7, 11) is -3.78. The van der Waals surface area contributed by atoms with Crippen LogP contribution >= 0.6 is 0 Å². The highest BCUT2D eigenvalue weighted by Crippen LogP contribution is 2.31. The number of rotatable bonds is 5. The Bertz CT molecular complexity index is 1180. The Labute approximate surface area is 196 Å². The Morgan fingerprint density at radius 3 is 2.09 bits per heavy atom. The largest absolute Gasteiger partial charge is 0.480 e. The molecule has 35 heavy (non-hydrogen) atoms. The number of sulfone groups is 1. The van der Waals surface area contributed by atoms with E-state index in [1.54, 1.807) is 4.90 Å². The highest BCUT2D eigenvalue weighted by atomic mass is 32.2. The smallest absolute Gasteiger partial charge is 0.425 e. The van der Waals surface area contributed by atoms with Crippen molar-refractivity contribution in [1.29, 1.82) is 0 Å². The second-order valence-corrected chi connectivity index (χ2v) is 9.80. The first-order chi connectivity index (χ1) is 16.1. The Balaban J connectivity index is 1.79. The number of piperazine rings is 1. The summed E-state index contributed by atoms with van der Waals surface area (Å²) < 4.78 is 106. The Morgan fingerprint density at radius 2 is 1.60 bits per heavy atom. The maximum absolute atomic E-state index is 13.1. The van der Waals surface area contributed by atoms with E-state index in [-0.39, 0.29) is 42.6 Å². The molecule has 0 aliphatic carbocycles. The molecule has 0 radical (unpaired) electrons. The topological polar surface area (TPSA) is 92.7 Å². The van der Waals surface area contributed by atoms with Crippen LogP contribution in [0.1, 0.15) is 22.8 Å². The third-order valence-electron chi connectivity index (χ3n) is 5.19. The summed E-state index contributed by atoms with van der Waals surface area (Å²) >= 11 is 0. The van der Waals surface area contributed by atoms with Gasteiger partial charge in [-0.2, -0.15) is 26.3 Å². The third-order valence-corrected chi connectivity index (χ3v) is 6.30. The summed E-state index contributed by atoms with van der Waals surface area (Å²) in [6.07, 6.45) is -9.40. The number of hydrogen-bond donors (Lipinski definition) is 0. The van der Waals surface area contributed by atoms with Gasteiger partial charge in [0, 0.05) is 44.8 Å². The molecule has 2 aromatic rings. The van der Waals surface area contributed by atoms with Crippen molar-refractivity contribution < 1.29 is 44.3 Å². The van der Waals surface area contributed by atoms with Crippen molar-refractivity contribution >= 4 is 21.7 Å². The molecule has 0 unspecified atom stereocenters. The molecule has 1 amide bonds. The van der Waals surface area contributed by atoms with Crippen LogP contribution in [0.25, 0.3) is 0 Å². The minimum Gasteiger partial charge on any atom is -0.480 e. The van der Waals surface area contributed by atoms with Crippen molar-refractivity contribution in [3.8, 4) is 5.75 Å². The van der Waals surface area contributed by atoms with Gasteiger partial charge in [-0.15, -0.1) is 0 Å². The van der Waals surface area contributed by atoms with Crippen LogP contribution in [0.5, 0.6) is 5.75 Å². The van der Waals surface area contributed by atoms with E-state index in [2.05, 4.69) is 9.97 Å². The van der Waals surface area contributed by atoms with Crippen LogP contribution in [0.2, 0.25) is 0 Å². The number of benzene rings is 1. The Hall–Kier alpha value is -3.10. The van der Waals surface area contributed by atoms with Crippen LogP contribution in [0.15, 0.2) is 35.5 Å². The predicted molar refractivity (Wildman–Crippen MR) is 111 cm³/mol. The third kappa shape index (κ3) is 6.32. The second-order valence-electron chi connectivity index (χ2n) is 7.78. The minimum absolute atomic E-state index is 0.0206. The van der Waals surface area contributed by atoms with Crippen LogP contribution < -0.4 is 9.64 Å². The van der Waals surface area contributed by atoms with E-state index in [0.29, 0.717) is 12.4 Å². The van der Waals surface area contributed by atoms with Crippen LogP contribution in [0, 0.1) is 0 Å². The zero-order chi connectivity index (χ0) is 26.2. The molecule has 1 aromatic heterocycles. The summed E-state index contributed by atoms with van der Waals surface area (Å²) in [5.74, 6) is -1.17. The first-order valence-corrected chi connectivity index (χ1v) is 12.0. The number of aromatic nitrogens is 2. The number of anilines is 1. The number of nitrogens with zero attached hydrogens (tertiary/aromatic N) is 4. The Kier molecular flexibility index (Phi) is 7.20. The predicted octanol–water partition coefficient (Wildman–Crippen LogP) is 3.19. The number of ether oxygens (including phenoxy) is 1. The second kappa shape index (κ2) is 9.51. The van der Waals surface area contributed by atoms with Gasteiger partial charge in [-0.1, -0.05) is 0 Å². The number of amides is 1. The van der Waals surface area contributed by atoms with E-state index < -0.39 is 45.5 Å². The van der Waals surface area contributed by atoms with Gasteiger partial charge in [-0.05, 0) is 25.1 Å². The first-order valence-electron chi connectivity index (χ1n) is 10.1. The molecule has 1 atom stereocenters. The van der Waals surface area contributed by atoms with Gasteiger partial charge in [0.05, 0.1) is 16.0 Å². The summed E-state index contributed by atoms with van der Waals surface area (Å²) in [5, 5.41) is 0. The highest BCUT2D eigenvalue weighted by Gasteiger charge is 2.39. The molecule has 1 aromatic carbocycles. The average molecular weight is 526 g/mol. The molecule has 0 N–H and O–H groups in total. The lowest BCUT2D eigenvalue weighted by Crippen LogP contribution is -2.49. The fourth-order valence-corrected chi connectivity index (χ4v) is 3.82. The maximum atomic E-state index is 13.1. The van der Waals surface area contributed by atoms with Crippen molar-refractivity contribution in [2.75, 3.05) is 37.3 Å². The van der Waals surface area contributed by atoms with E-state index in [1.807, 2.05) is 0 Å². The summed E-state index contributed by atoms with van der Waals surface area (Å²) in [6, 6.07) is 3.00. The molecule has 192 valence electrons. The SMILES string of the molecule is C[C@H](Oc1ccc(S(C)(=O)=O)cc1C(=O)N1CCN(c2ncc(C(F)(F)F)cn2)CC1)C(F)(F)F. The monoisotopic (exact) mass is 526 g/mol. The molecule has 1 fully saturated rings. The lowest BCUT2D eigenvalue weighted by Gasteiger charge is -2.35. The summed E-state index contributed by atoms with van der Waals surface area (Å²) in [4.78, 5) is 23.1. The number of carbonyl (C=O) groups excluding carboxylic acids is 1. The normalized spacial score (nSPS) is 16.2. The molecule has 0 spiro atoms. The van der Waals surface area contributed by atoms with Crippen molar-refractivity contribution in [3.05, 3.63) is 41.7 Å². The first kappa shape index (κ1) is 26.5. The summed E-state index contributed by atoms with van der Waals surface area (Å²) in [5.41, 5.74) is -1.37. The van der Waals surface area contributed by atoms with Gasteiger partial charge in [0.1, 0.15) is 5.75 Å². The minimum atomic E-state index is -4.72. The van der Waals surface area contributed by atoms with Gasteiger partial charge in [-0.3, -0.25) is 4.79 Å². The van der Waals surface area contributed by atoms with E-state index >= 15 is 0 Å². The highest BCUT2D eigenvalue weighted by molar-refractivity contribution is 7.90. The van der Waals surface area contributed by atoms with Crippen molar-refractivity contribution in [2.24, 2.45) is 0 Å². The molecule has 8 nitrogen and oxygen atoms in total. The van der Waals surface area contributed by atoms with Crippen molar-refractivity contribution in [1.82, 2.24) is 14.9 Å². The number of alkyl halides is 6. The molecule has 1 aliphatic rings. The maximum Gasteiger partial charge on any atom is 0.425 e. The molecular formula is C20H20F6N4O4S. The molecule has 15 heteroatoms. The quantitative estimate of drug-likeness (QED) is 0.553. The standard InChI is InChI=1S/C20H20F6N4O4S/c1-12(19(21,22)23)34-16-4-3-14(35(2,32)33)9-15(16)17(31)29-5-7-30(8-6-29)18-27-10-13(11-28-18)20(24,25)26/h3-4,9-12H,5-8H2,1-2H3/t12-/m0/s1. The van der Waals surface area contributed by atoms with Crippen LogP contribution in [0.4, 0.5) is 32.3 Å². The van der Waals surface area contributed by atoms with Gasteiger partial charge in [0.25, 0.3) is 5.91 Å². The van der Waals surface area contributed by atoms with Gasteiger partial charge < -0.3 is 14.5 Å². The van der Waals surface area contributed by atoms with E-state index in [9.17, 15) is 39.6 Å². The Morgan fingerprint density at radius 1 is 1.03 bits per heavy atom. The van der Waals surface area contributed by atoms with Crippen LogP contribution in [-0.2, 0) is 16.0 Å². The molecule has 0 saturated carbocycles. The molecule has 0 bridgehead atoms. The fraction of sp³-hybridized carbons (Fsp3) is 0.450. The van der Waals surface area contributed by atoms with E-state index in [0.717, 1.165) is 31.4 Å². The molecular weight excluding hydrogens is 506 g/mol. The molecule has 2 heterocycles. The molecule has 1 aliphatic heterocycles. The number of hydrogen-bond acceptors (Lipinski definition) is 7. The summed E-state index contributed by atoms with van der Waals surface area (Å²) in [6.45, 7) is 1.05. The average Bonchev–Trinajstić information content (AvgIpc) is 2.77. The van der Waals surface area contributed by atoms with Crippen LogP contribution in [0.3, 0.4) is 0 Å². The molecule has 3 rings (SSSR count). The van der Waals surface area contributed by atoms with Crippen molar-refractivity contribution in [3.63, 3.8) is 0 Å². The van der Waals surface area contributed by atoms with Gasteiger partial charge >= 0.3 is 12.4 Å². The van der Waals surface area contributed by atoms with Gasteiger partial charge in [0.15, 0.2) is 15.9 Å². The van der Waals surface area contributed by atoms with Gasteiger partial charge in [-0.25, -0.2) is 18.4 Å².